The van der Waals surface area contributed by atoms with Gasteiger partial charge in [-0.25, -0.2) is 0 Å². The van der Waals surface area contributed by atoms with E-state index in [2.05, 4.69) is 24.1 Å². The molecule has 6 heteroatoms. The van der Waals surface area contributed by atoms with E-state index in [0.717, 1.165) is 32.6 Å². The number of non-ortho nitro benzene ring substituents is 1. The van der Waals surface area contributed by atoms with Crippen LogP contribution in [0.2, 0.25) is 0 Å². The summed E-state index contributed by atoms with van der Waals surface area (Å²) in [4.78, 5) is 12.9. The molecule has 2 atom stereocenters. The van der Waals surface area contributed by atoms with E-state index in [9.17, 15) is 15.2 Å². The summed E-state index contributed by atoms with van der Waals surface area (Å²) in [6.45, 7) is 7.82. The van der Waals surface area contributed by atoms with Crippen LogP contribution >= 0.6 is 0 Å². The Morgan fingerprint density at radius 1 is 1.43 bits per heavy atom. The Morgan fingerprint density at radius 2 is 2.10 bits per heavy atom. The van der Waals surface area contributed by atoms with Crippen molar-refractivity contribution in [3.63, 3.8) is 0 Å². The number of nitro groups is 1. The highest BCUT2D eigenvalue weighted by molar-refractivity contribution is 5.45. The Morgan fingerprint density at radius 3 is 2.67 bits per heavy atom. The van der Waals surface area contributed by atoms with Gasteiger partial charge in [0.25, 0.3) is 5.69 Å². The molecule has 0 aromatic heterocycles. The van der Waals surface area contributed by atoms with Crippen LogP contribution in [0.15, 0.2) is 18.2 Å². The number of nitro benzene ring substituents is 1. The fraction of sp³-hybridized carbons (Fsp3) is 0.600. The highest BCUT2D eigenvalue weighted by Crippen LogP contribution is 2.37. The lowest BCUT2D eigenvalue weighted by Gasteiger charge is -2.38. The van der Waals surface area contributed by atoms with Gasteiger partial charge >= 0.3 is 0 Å². The van der Waals surface area contributed by atoms with E-state index in [-0.39, 0.29) is 17.5 Å². The maximum Gasteiger partial charge on any atom is 0.270 e. The number of hydrogen-bond acceptors (Lipinski definition) is 5. The molecule has 0 saturated carbocycles. The summed E-state index contributed by atoms with van der Waals surface area (Å²) >= 11 is 0. The van der Waals surface area contributed by atoms with E-state index in [4.69, 9.17) is 0 Å². The van der Waals surface area contributed by atoms with Crippen LogP contribution in [0, 0.1) is 16.0 Å². The van der Waals surface area contributed by atoms with Crippen LogP contribution < -0.4 is 5.32 Å². The highest BCUT2D eigenvalue weighted by atomic mass is 16.6. The number of rotatable bonds is 5. The lowest BCUT2D eigenvalue weighted by Crippen LogP contribution is -2.46. The number of nitrogens with zero attached hydrogens (tertiary/aromatic N) is 2. The van der Waals surface area contributed by atoms with Crippen LogP contribution in [0.25, 0.3) is 0 Å². The van der Waals surface area contributed by atoms with Gasteiger partial charge in [-0.1, -0.05) is 20.3 Å². The molecule has 2 rings (SSSR count). The van der Waals surface area contributed by atoms with Crippen molar-refractivity contribution >= 4 is 5.69 Å². The van der Waals surface area contributed by atoms with Gasteiger partial charge in [-0.05, 0) is 12.0 Å². The molecular weight excluding hydrogens is 270 g/mol. The highest BCUT2D eigenvalue weighted by Gasteiger charge is 2.29. The minimum absolute atomic E-state index is 0.0111. The number of phenolic OH excluding ortho intramolecular Hbond substituents is 1. The third kappa shape index (κ3) is 3.51. The first kappa shape index (κ1) is 15.7. The predicted molar refractivity (Wildman–Crippen MR) is 81.4 cm³/mol. The van der Waals surface area contributed by atoms with E-state index in [1.54, 1.807) is 0 Å². The second kappa shape index (κ2) is 6.87. The van der Waals surface area contributed by atoms with Crippen LogP contribution in [0.1, 0.15) is 31.9 Å². The van der Waals surface area contributed by atoms with Crippen molar-refractivity contribution < 1.29 is 10.0 Å². The number of aromatic hydroxyl groups is 1. The zero-order chi connectivity index (χ0) is 15.4. The minimum atomic E-state index is -0.408. The molecule has 1 aliphatic rings. The fourth-order valence-corrected chi connectivity index (χ4v) is 2.94. The Hall–Kier alpha value is -1.66. The third-order valence-electron chi connectivity index (χ3n) is 4.27. The van der Waals surface area contributed by atoms with Crippen molar-refractivity contribution in [3.05, 3.63) is 33.9 Å². The van der Waals surface area contributed by atoms with Crippen molar-refractivity contribution in [2.75, 3.05) is 26.2 Å². The van der Waals surface area contributed by atoms with E-state index >= 15 is 0 Å². The van der Waals surface area contributed by atoms with Gasteiger partial charge in [-0.3, -0.25) is 15.0 Å². The van der Waals surface area contributed by atoms with Crippen molar-refractivity contribution in [2.45, 2.75) is 26.3 Å². The maximum atomic E-state index is 11.0. The molecule has 1 aromatic carbocycles. The molecule has 1 heterocycles. The quantitative estimate of drug-likeness (QED) is 0.643. The Balaban J connectivity index is 2.39. The largest absolute Gasteiger partial charge is 0.508 e. The molecule has 6 nitrogen and oxygen atoms in total. The van der Waals surface area contributed by atoms with Gasteiger partial charge < -0.3 is 10.4 Å². The smallest absolute Gasteiger partial charge is 0.270 e. The molecule has 0 radical (unpaired) electrons. The van der Waals surface area contributed by atoms with E-state index in [1.807, 2.05) is 0 Å². The summed E-state index contributed by atoms with van der Waals surface area (Å²) in [5.74, 6) is 0.459. The Labute approximate surface area is 124 Å². The average molecular weight is 293 g/mol. The predicted octanol–water partition coefficient (Wildman–Crippen LogP) is 2.29. The summed E-state index contributed by atoms with van der Waals surface area (Å²) < 4.78 is 0. The number of benzene rings is 1. The van der Waals surface area contributed by atoms with Crippen LogP contribution in [0.3, 0.4) is 0 Å². The first-order chi connectivity index (χ1) is 10.0. The lowest BCUT2D eigenvalue weighted by molar-refractivity contribution is -0.385. The molecule has 1 fully saturated rings. The van der Waals surface area contributed by atoms with Gasteiger partial charge in [0.15, 0.2) is 0 Å². The Bertz CT molecular complexity index is 501. The summed E-state index contributed by atoms with van der Waals surface area (Å²) in [5, 5.41) is 24.5. The van der Waals surface area contributed by atoms with Crippen molar-refractivity contribution in [2.24, 2.45) is 5.92 Å². The summed E-state index contributed by atoms with van der Waals surface area (Å²) in [6, 6.07) is 4.32. The number of hydrogen-bond donors (Lipinski definition) is 2. The molecule has 2 N–H and O–H groups in total. The molecule has 0 amide bonds. The SMILES string of the molecule is CCC(C)[C@H](c1cc([N+](=O)[O-])ccc1O)N1CCNCC1. The third-order valence-corrected chi connectivity index (χ3v) is 4.27. The van der Waals surface area contributed by atoms with Crippen molar-refractivity contribution in [1.82, 2.24) is 10.2 Å². The van der Waals surface area contributed by atoms with Crippen molar-refractivity contribution in [1.29, 1.82) is 0 Å². The van der Waals surface area contributed by atoms with Crippen LogP contribution in [0.5, 0.6) is 5.75 Å². The number of piperazine rings is 1. The summed E-state index contributed by atoms with van der Waals surface area (Å²) in [6.07, 6.45) is 0.955. The summed E-state index contributed by atoms with van der Waals surface area (Å²) in [5.41, 5.74) is 0.701. The molecule has 0 spiro atoms. The average Bonchev–Trinajstić information content (AvgIpc) is 2.50. The first-order valence-corrected chi connectivity index (χ1v) is 7.46. The standard InChI is InChI=1S/C15H23N3O3/c1-3-11(2)15(17-8-6-16-7-9-17)13-10-12(18(20)21)4-5-14(13)19/h4-5,10-11,15-16,19H,3,6-9H2,1-2H3/t11?,15-/m1/s1. The van der Waals surface area contributed by atoms with Gasteiger partial charge in [-0.2, -0.15) is 0 Å². The van der Waals surface area contributed by atoms with Crippen LogP contribution in [0.4, 0.5) is 5.69 Å². The van der Waals surface area contributed by atoms with Crippen LogP contribution in [-0.2, 0) is 0 Å². The second-order valence-corrected chi connectivity index (χ2v) is 5.62. The molecule has 116 valence electrons. The molecule has 1 aromatic rings. The van der Waals surface area contributed by atoms with Gasteiger partial charge in [0.05, 0.1) is 4.92 Å². The minimum Gasteiger partial charge on any atom is -0.508 e. The number of phenols is 1. The van der Waals surface area contributed by atoms with Crippen LogP contribution in [-0.4, -0.2) is 41.1 Å². The number of nitrogens with one attached hydrogen (secondary N) is 1. The zero-order valence-corrected chi connectivity index (χ0v) is 12.6. The molecule has 21 heavy (non-hydrogen) atoms. The van der Waals surface area contributed by atoms with E-state index in [1.165, 1.54) is 18.2 Å². The zero-order valence-electron chi connectivity index (χ0n) is 12.6. The Kier molecular flexibility index (Phi) is 5.14. The fourth-order valence-electron chi connectivity index (χ4n) is 2.94. The molecule has 1 aliphatic heterocycles. The molecule has 1 saturated heterocycles. The normalized spacial score (nSPS) is 19.1. The molecular formula is C15H23N3O3. The van der Waals surface area contributed by atoms with Gasteiger partial charge in [0.2, 0.25) is 0 Å². The summed E-state index contributed by atoms with van der Waals surface area (Å²) in [7, 11) is 0. The van der Waals surface area contributed by atoms with E-state index in [0.29, 0.717) is 11.5 Å². The first-order valence-electron chi connectivity index (χ1n) is 7.46. The monoisotopic (exact) mass is 293 g/mol. The van der Waals surface area contributed by atoms with Crippen molar-refractivity contribution in [3.8, 4) is 5.75 Å². The lowest BCUT2D eigenvalue weighted by atomic mass is 9.89. The molecule has 1 unspecified atom stereocenters. The van der Waals surface area contributed by atoms with Gasteiger partial charge in [0.1, 0.15) is 5.75 Å². The van der Waals surface area contributed by atoms with Gasteiger partial charge in [0, 0.05) is 49.9 Å². The second-order valence-electron chi connectivity index (χ2n) is 5.62. The molecule has 0 bridgehead atoms. The topological polar surface area (TPSA) is 78.6 Å². The van der Waals surface area contributed by atoms with E-state index < -0.39 is 4.92 Å². The van der Waals surface area contributed by atoms with Gasteiger partial charge in [-0.15, -0.1) is 0 Å². The molecule has 0 aliphatic carbocycles. The maximum absolute atomic E-state index is 11.0.